The smallest absolute Gasteiger partial charge is 0.133 e. The van der Waals surface area contributed by atoms with E-state index < -0.39 is 0 Å². The van der Waals surface area contributed by atoms with Gasteiger partial charge in [0.05, 0.1) is 36.1 Å². The average Bonchev–Trinajstić information content (AvgIpc) is 2.64. The molecule has 2 aromatic carbocycles. The van der Waals surface area contributed by atoms with Crippen LogP contribution in [0.3, 0.4) is 0 Å². The number of morpholine rings is 1. The van der Waals surface area contributed by atoms with Gasteiger partial charge in [-0.15, -0.1) is 0 Å². The Kier molecular flexibility index (Phi) is 6.44. The van der Waals surface area contributed by atoms with E-state index in [9.17, 15) is 0 Å². The van der Waals surface area contributed by atoms with Crippen molar-refractivity contribution in [3.63, 3.8) is 0 Å². The molecule has 0 unspecified atom stereocenters. The quantitative estimate of drug-likeness (QED) is 0.584. The van der Waals surface area contributed by atoms with Crippen molar-refractivity contribution in [1.29, 1.82) is 0 Å². The van der Waals surface area contributed by atoms with E-state index in [0.29, 0.717) is 18.0 Å². The summed E-state index contributed by atoms with van der Waals surface area (Å²) in [5.74, 6) is 0.907. The van der Waals surface area contributed by atoms with Crippen molar-refractivity contribution in [2.24, 2.45) is 0 Å². The van der Waals surface area contributed by atoms with Crippen molar-refractivity contribution in [2.75, 3.05) is 50.9 Å². The Morgan fingerprint density at radius 2 is 1.84 bits per heavy atom. The number of rotatable bonds is 7. The molecule has 0 radical (unpaired) electrons. The monoisotopic (exact) mass is 359 g/mol. The fourth-order valence-electron chi connectivity index (χ4n) is 2.69. The molecule has 0 saturated carbocycles. The highest BCUT2D eigenvalue weighted by Gasteiger charge is 2.10. The van der Waals surface area contributed by atoms with E-state index in [4.69, 9.17) is 20.9 Å². The molecule has 0 spiro atoms. The van der Waals surface area contributed by atoms with Crippen LogP contribution in [0.15, 0.2) is 52.3 Å². The SMILES string of the molecule is Nc1ccc(Sc2ccccc2OCCCN2CCOCC2)cc1N. The van der Waals surface area contributed by atoms with Crippen LogP contribution < -0.4 is 16.2 Å². The van der Waals surface area contributed by atoms with Gasteiger partial charge in [-0.25, -0.2) is 0 Å². The zero-order chi connectivity index (χ0) is 17.5. The first-order chi connectivity index (χ1) is 12.2. The van der Waals surface area contributed by atoms with E-state index in [2.05, 4.69) is 11.0 Å². The lowest BCUT2D eigenvalue weighted by atomic mass is 10.3. The van der Waals surface area contributed by atoms with E-state index >= 15 is 0 Å². The standard InChI is InChI=1S/C19H25N3O2S/c20-16-7-6-15(14-17(16)21)25-19-5-2-1-4-18(19)24-11-3-8-22-9-12-23-13-10-22/h1-2,4-7,14H,3,8-13,20-21H2. The molecule has 6 heteroatoms. The van der Waals surface area contributed by atoms with Gasteiger partial charge in [-0.1, -0.05) is 23.9 Å². The average molecular weight is 359 g/mol. The number of hydrogen-bond acceptors (Lipinski definition) is 6. The lowest BCUT2D eigenvalue weighted by Gasteiger charge is -2.26. The molecule has 3 rings (SSSR count). The minimum Gasteiger partial charge on any atom is -0.492 e. The Morgan fingerprint density at radius 1 is 1.04 bits per heavy atom. The third-order valence-electron chi connectivity index (χ3n) is 4.12. The van der Waals surface area contributed by atoms with Crippen LogP contribution in [0.1, 0.15) is 6.42 Å². The fourth-order valence-corrected chi connectivity index (χ4v) is 3.64. The van der Waals surface area contributed by atoms with Crippen LogP contribution in [0, 0.1) is 0 Å². The zero-order valence-corrected chi connectivity index (χ0v) is 15.1. The van der Waals surface area contributed by atoms with Gasteiger partial charge >= 0.3 is 0 Å². The molecule has 134 valence electrons. The largest absolute Gasteiger partial charge is 0.492 e. The van der Waals surface area contributed by atoms with Gasteiger partial charge < -0.3 is 20.9 Å². The Balaban J connectivity index is 1.54. The van der Waals surface area contributed by atoms with Crippen molar-refractivity contribution < 1.29 is 9.47 Å². The lowest BCUT2D eigenvalue weighted by Crippen LogP contribution is -2.37. The molecule has 2 aromatic rings. The summed E-state index contributed by atoms with van der Waals surface area (Å²) in [6, 6.07) is 13.8. The van der Waals surface area contributed by atoms with Crippen molar-refractivity contribution in [3.05, 3.63) is 42.5 Å². The molecule has 4 N–H and O–H groups in total. The number of nitrogens with two attached hydrogens (primary N) is 2. The summed E-state index contributed by atoms with van der Waals surface area (Å²) in [6.45, 7) is 5.47. The van der Waals surface area contributed by atoms with Gasteiger partial charge in [-0.3, -0.25) is 4.90 Å². The van der Waals surface area contributed by atoms with Gasteiger partial charge in [0.2, 0.25) is 0 Å². The predicted molar refractivity (Wildman–Crippen MR) is 103 cm³/mol. The summed E-state index contributed by atoms with van der Waals surface area (Å²) in [7, 11) is 0. The van der Waals surface area contributed by atoms with E-state index in [1.165, 1.54) is 0 Å². The van der Waals surface area contributed by atoms with Crippen LogP contribution in [0.2, 0.25) is 0 Å². The number of ether oxygens (including phenoxy) is 2. The van der Waals surface area contributed by atoms with Crippen molar-refractivity contribution >= 4 is 23.1 Å². The third-order valence-corrected chi connectivity index (χ3v) is 5.16. The molecule has 5 nitrogen and oxygen atoms in total. The Morgan fingerprint density at radius 3 is 2.64 bits per heavy atom. The maximum Gasteiger partial charge on any atom is 0.133 e. The van der Waals surface area contributed by atoms with Crippen LogP contribution in [-0.2, 0) is 4.74 Å². The summed E-state index contributed by atoms with van der Waals surface area (Å²) in [6.07, 6.45) is 1.01. The van der Waals surface area contributed by atoms with Gasteiger partial charge in [0.25, 0.3) is 0 Å². The summed E-state index contributed by atoms with van der Waals surface area (Å²) < 4.78 is 11.4. The molecule has 0 amide bonds. The Hall–Kier alpha value is -1.89. The molecule has 1 aliphatic heterocycles. The molecule has 1 aliphatic rings. The normalized spacial score (nSPS) is 15.2. The van der Waals surface area contributed by atoms with E-state index in [-0.39, 0.29) is 0 Å². The fraction of sp³-hybridized carbons (Fsp3) is 0.368. The van der Waals surface area contributed by atoms with Crippen molar-refractivity contribution in [1.82, 2.24) is 4.90 Å². The third kappa shape index (κ3) is 5.29. The topological polar surface area (TPSA) is 73.7 Å². The molecule has 25 heavy (non-hydrogen) atoms. The van der Waals surface area contributed by atoms with Gasteiger partial charge in [-0.05, 0) is 36.8 Å². The lowest BCUT2D eigenvalue weighted by molar-refractivity contribution is 0.0357. The van der Waals surface area contributed by atoms with E-state index in [0.717, 1.165) is 54.8 Å². The maximum absolute atomic E-state index is 6.02. The molecule has 1 heterocycles. The van der Waals surface area contributed by atoms with Crippen LogP contribution in [-0.4, -0.2) is 44.4 Å². The van der Waals surface area contributed by atoms with Gasteiger partial charge in [-0.2, -0.15) is 0 Å². The van der Waals surface area contributed by atoms with Gasteiger partial charge in [0.1, 0.15) is 5.75 Å². The number of benzene rings is 2. The van der Waals surface area contributed by atoms with Crippen LogP contribution in [0.4, 0.5) is 11.4 Å². The van der Waals surface area contributed by atoms with Crippen molar-refractivity contribution in [3.8, 4) is 5.75 Å². The van der Waals surface area contributed by atoms with Gasteiger partial charge in [0, 0.05) is 24.5 Å². The minimum atomic E-state index is 0.605. The first-order valence-corrected chi connectivity index (χ1v) is 9.39. The number of anilines is 2. The second-order valence-electron chi connectivity index (χ2n) is 6.00. The van der Waals surface area contributed by atoms with E-state index in [1.54, 1.807) is 11.8 Å². The zero-order valence-electron chi connectivity index (χ0n) is 14.3. The molecular formula is C19H25N3O2S. The summed E-state index contributed by atoms with van der Waals surface area (Å²) >= 11 is 1.64. The summed E-state index contributed by atoms with van der Waals surface area (Å²) in [4.78, 5) is 4.55. The van der Waals surface area contributed by atoms with E-state index in [1.807, 2.05) is 36.4 Å². The van der Waals surface area contributed by atoms with Crippen LogP contribution in [0.5, 0.6) is 5.75 Å². The minimum absolute atomic E-state index is 0.605. The summed E-state index contributed by atoms with van der Waals surface area (Å²) in [5.41, 5.74) is 12.9. The molecule has 0 atom stereocenters. The summed E-state index contributed by atoms with van der Waals surface area (Å²) in [5, 5.41) is 0. The predicted octanol–water partition coefficient (Wildman–Crippen LogP) is 3.10. The number of para-hydroxylation sites is 1. The van der Waals surface area contributed by atoms with Crippen molar-refractivity contribution in [2.45, 2.75) is 16.2 Å². The highest BCUT2D eigenvalue weighted by atomic mass is 32.2. The Labute approximate surface area is 153 Å². The second-order valence-corrected chi connectivity index (χ2v) is 7.11. The second kappa shape index (κ2) is 8.99. The first-order valence-electron chi connectivity index (χ1n) is 8.57. The maximum atomic E-state index is 6.02. The highest BCUT2D eigenvalue weighted by molar-refractivity contribution is 7.99. The highest BCUT2D eigenvalue weighted by Crippen LogP contribution is 2.36. The molecular weight excluding hydrogens is 334 g/mol. The number of nitrogens with zero attached hydrogens (tertiary/aromatic N) is 1. The molecule has 0 bridgehead atoms. The van der Waals surface area contributed by atoms with Crippen LogP contribution in [0.25, 0.3) is 0 Å². The number of nitrogen functional groups attached to an aromatic ring is 2. The molecule has 0 aliphatic carbocycles. The molecule has 1 saturated heterocycles. The first kappa shape index (κ1) is 17.9. The number of hydrogen-bond donors (Lipinski definition) is 2. The van der Waals surface area contributed by atoms with Crippen LogP contribution >= 0.6 is 11.8 Å². The Bertz CT molecular complexity index is 690. The molecule has 0 aromatic heterocycles. The van der Waals surface area contributed by atoms with Gasteiger partial charge in [0.15, 0.2) is 0 Å². The molecule has 1 fully saturated rings.